The second kappa shape index (κ2) is 8.76. The summed E-state index contributed by atoms with van der Waals surface area (Å²) in [6.45, 7) is 1.41. The van der Waals surface area contributed by atoms with Gasteiger partial charge in [-0.25, -0.2) is 9.37 Å². The van der Waals surface area contributed by atoms with E-state index in [1.807, 2.05) is 23.1 Å². The Labute approximate surface area is 186 Å². The van der Waals surface area contributed by atoms with Crippen LogP contribution in [0.3, 0.4) is 0 Å². The van der Waals surface area contributed by atoms with Crippen molar-refractivity contribution in [2.75, 3.05) is 18.8 Å². The second-order valence-corrected chi connectivity index (χ2v) is 9.33. The van der Waals surface area contributed by atoms with Crippen LogP contribution in [0.5, 0.6) is 0 Å². The van der Waals surface area contributed by atoms with E-state index in [1.165, 1.54) is 22.5 Å². The van der Waals surface area contributed by atoms with E-state index in [0.717, 1.165) is 29.9 Å². The summed E-state index contributed by atoms with van der Waals surface area (Å²) in [6, 6.07) is 14.4. The summed E-state index contributed by atoms with van der Waals surface area (Å²) in [5.74, 6) is 0.179. The van der Waals surface area contributed by atoms with Crippen LogP contribution in [-0.4, -0.2) is 44.8 Å². The molecule has 1 aliphatic rings. The molecule has 3 heterocycles. The molecular formula is C22H19FN4O2S2. The molecule has 5 rings (SSSR count). The number of thiazole rings is 1. The zero-order valence-corrected chi connectivity index (χ0v) is 18.2. The lowest BCUT2D eigenvalue weighted by molar-refractivity contribution is -0.129. The summed E-state index contributed by atoms with van der Waals surface area (Å²) in [4.78, 5) is 19.5. The molecule has 0 radical (unpaired) electrons. The van der Waals surface area contributed by atoms with Crippen LogP contribution in [0.1, 0.15) is 23.8 Å². The van der Waals surface area contributed by atoms with Gasteiger partial charge < -0.3 is 9.32 Å². The molecule has 0 saturated carbocycles. The van der Waals surface area contributed by atoms with E-state index >= 15 is 0 Å². The molecule has 0 bridgehead atoms. The number of aromatic nitrogens is 3. The summed E-state index contributed by atoms with van der Waals surface area (Å²) in [7, 11) is 0. The van der Waals surface area contributed by atoms with E-state index in [2.05, 4.69) is 16.3 Å². The van der Waals surface area contributed by atoms with Crippen molar-refractivity contribution in [3.63, 3.8) is 0 Å². The molecule has 1 amide bonds. The average molecular weight is 455 g/mol. The van der Waals surface area contributed by atoms with Crippen LogP contribution in [0, 0.1) is 5.82 Å². The fourth-order valence-electron chi connectivity index (χ4n) is 3.70. The molecule has 9 heteroatoms. The fourth-order valence-corrected chi connectivity index (χ4v) is 5.46. The van der Waals surface area contributed by atoms with Crippen LogP contribution < -0.4 is 0 Å². The van der Waals surface area contributed by atoms with Gasteiger partial charge in [0.2, 0.25) is 5.91 Å². The number of piperidine rings is 1. The van der Waals surface area contributed by atoms with Gasteiger partial charge in [0.25, 0.3) is 11.1 Å². The Hall–Kier alpha value is -2.78. The molecule has 2 aromatic carbocycles. The molecule has 31 heavy (non-hydrogen) atoms. The van der Waals surface area contributed by atoms with Crippen LogP contribution in [0.25, 0.3) is 21.7 Å². The van der Waals surface area contributed by atoms with Crippen molar-refractivity contribution in [2.45, 2.75) is 24.0 Å². The number of amides is 1. The third-order valence-electron chi connectivity index (χ3n) is 5.26. The molecule has 1 atom stereocenters. The SMILES string of the molecule is O=C(CSc1nnc(-c2ccccc2F)o1)N1CCC[C@H](c2nc3ccccc3s2)C1. The fraction of sp³-hybridized carbons (Fsp3) is 0.273. The van der Waals surface area contributed by atoms with E-state index in [4.69, 9.17) is 9.40 Å². The molecule has 4 aromatic rings. The van der Waals surface area contributed by atoms with Gasteiger partial charge in [-0.3, -0.25) is 4.79 Å². The minimum absolute atomic E-state index is 0.0291. The van der Waals surface area contributed by atoms with Crippen molar-refractivity contribution >= 4 is 39.2 Å². The molecule has 1 aliphatic heterocycles. The first kappa shape index (κ1) is 20.1. The van der Waals surface area contributed by atoms with Crippen LogP contribution in [0.2, 0.25) is 0 Å². The molecule has 0 unspecified atom stereocenters. The maximum absolute atomic E-state index is 13.9. The van der Waals surface area contributed by atoms with Crippen LogP contribution in [-0.2, 0) is 4.79 Å². The standard InChI is InChI=1S/C22H19FN4O2S2/c23-16-8-2-1-7-15(16)20-25-26-22(29-20)30-13-19(28)27-11-5-6-14(12-27)21-24-17-9-3-4-10-18(17)31-21/h1-4,7-10,14H,5-6,11-13H2/t14-/m0/s1. The topological polar surface area (TPSA) is 72.1 Å². The first-order chi connectivity index (χ1) is 15.2. The molecule has 158 valence electrons. The molecule has 6 nitrogen and oxygen atoms in total. The Balaban J connectivity index is 1.21. The molecule has 0 N–H and O–H groups in total. The minimum Gasteiger partial charge on any atom is -0.411 e. The van der Waals surface area contributed by atoms with Crippen molar-refractivity contribution < 1.29 is 13.6 Å². The lowest BCUT2D eigenvalue weighted by Crippen LogP contribution is -2.40. The van der Waals surface area contributed by atoms with E-state index in [9.17, 15) is 9.18 Å². The van der Waals surface area contributed by atoms with Crippen molar-refractivity contribution in [3.8, 4) is 11.5 Å². The van der Waals surface area contributed by atoms with Gasteiger partial charge in [0, 0.05) is 19.0 Å². The molecular weight excluding hydrogens is 435 g/mol. The number of fused-ring (bicyclic) bond motifs is 1. The molecule has 0 aliphatic carbocycles. The van der Waals surface area contributed by atoms with Gasteiger partial charge in [0.1, 0.15) is 5.82 Å². The van der Waals surface area contributed by atoms with Crippen molar-refractivity contribution in [1.82, 2.24) is 20.1 Å². The Kier molecular flexibility index (Phi) is 5.69. The largest absolute Gasteiger partial charge is 0.411 e. The molecule has 2 aromatic heterocycles. The van der Waals surface area contributed by atoms with Gasteiger partial charge >= 0.3 is 0 Å². The zero-order chi connectivity index (χ0) is 21.2. The number of thioether (sulfide) groups is 1. The Morgan fingerprint density at radius 1 is 1.19 bits per heavy atom. The number of para-hydroxylation sites is 1. The highest BCUT2D eigenvalue weighted by Gasteiger charge is 2.27. The van der Waals surface area contributed by atoms with Crippen LogP contribution in [0.15, 0.2) is 58.2 Å². The molecule has 1 saturated heterocycles. The normalized spacial score (nSPS) is 16.7. The highest BCUT2D eigenvalue weighted by Crippen LogP contribution is 2.33. The Morgan fingerprint density at radius 3 is 2.90 bits per heavy atom. The lowest BCUT2D eigenvalue weighted by Gasteiger charge is -2.31. The van der Waals surface area contributed by atoms with Gasteiger partial charge in [-0.1, -0.05) is 36.0 Å². The van der Waals surface area contributed by atoms with Gasteiger partial charge in [0.05, 0.1) is 26.5 Å². The molecule has 0 spiro atoms. The Morgan fingerprint density at radius 2 is 2.03 bits per heavy atom. The number of likely N-dealkylation sites (tertiary alicyclic amines) is 1. The van der Waals surface area contributed by atoms with Crippen LogP contribution >= 0.6 is 23.1 Å². The predicted octanol–water partition coefficient (Wildman–Crippen LogP) is 4.98. The number of hydrogen-bond acceptors (Lipinski definition) is 7. The highest BCUT2D eigenvalue weighted by atomic mass is 32.2. The average Bonchev–Trinajstić information content (AvgIpc) is 3.45. The first-order valence-corrected chi connectivity index (χ1v) is 11.8. The van der Waals surface area contributed by atoms with Crippen molar-refractivity contribution in [3.05, 3.63) is 59.4 Å². The van der Waals surface area contributed by atoms with Crippen molar-refractivity contribution in [2.24, 2.45) is 0 Å². The number of hydrogen-bond donors (Lipinski definition) is 0. The number of nitrogens with zero attached hydrogens (tertiary/aromatic N) is 4. The highest BCUT2D eigenvalue weighted by molar-refractivity contribution is 7.99. The van der Waals surface area contributed by atoms with E-state index in [0.29, 0.717) is 6.54 Å². The maximum Gasteiger partial charge on any atom is 0.277 e. The number of carbonyl (C=O) groups excluding carboxylic acids is 1. The van der Waals surface area contributed by atoms with Gasteiger partial charge in [-0.05, 0) is 37.1 Å². The van der Waals surface area contributed by atoms with Crippen molar-refractivity contribution in [1.29, 1.82) is 0 Å². The second-order valence-electron chi connectivity index (χ2n) is 7.34. The summed E-state index contributed by atoms with van der Waals surface area (Å²) in [5, 5.41) is 9.19. The monoisotopic (exact) mass is 454 g/mol. The third kappa shape index (κ3) is 4.33. The minimum atomic E-state index is -0.423. The van der Waals surface area contributed by atoms with Gasteiger partial charge in [-0.2, -0.15) is 0 Å². The van der Waals surface area contributed by atoms with E-state index in [-0.39, 0.29) is 34.3 Å². The smallest absolute Gasteiger partial charge is 0.277 e. The summed E-state index contributed by atoms with van der Waals surface area (Å²) in [5.41, 5.74) is 1.27. The number of rotatable bonds is 5. The third-order valence-corrected chi connectivity index (χ3v) is 7.27. The zero-order valence-electron chi connectivity index (χ0n) is 16.5. The van der Waals surface area contributed by atoms with E-state index in [1.54, 1.807) is 29.5 Å². The maximum atomic E-state index is 13.9. The number of halogens is 1. The van der Waals surface area contributed by atoms with Crippen LogP contribution in [0.4, 0.5) is 4.39 Å². The van der Waals surface area contributed by atoms with Gasteiger partial charge in [-0.15, -0.1) is 21.5 Å². The summed E-state index contributed by atoms with van der Waals surface area (Å²) >= 11 is 2.89. The van der Waals surface area contributed by atoms with E-state index < -0.39 is 5.82 Å². The number of benzene rings is 2. The summed E-state index contributed by atoms with van der Waals surface area (Å²) < 4.78 is 20.6. The molecule has 1 fully saturated rings. The summed E-state index contributed by atoms with van der Waals surface area (Å²) in [6.07, 6.45) is 1.99. The Bertz CT molecular complexity index is 1190. The first-order valence-electron chi connectivity index (χ1n) is 10.0. The van der Waals surface area contributed by atoms with Gasteiger partial charge in [0.15, 0.2) is 0 Å². The lowest BCUT2D eigenvalue weighted by atomic mass is 9.99. The quantitative estimate of drug-likeness (QED) is 0.396. The predicted molar refractivity (Wildman–Crippen MR) is 119 cm³/mol. The number of carbonyl (C=O) groups is 1.